The van der Waals surface area contributed by atoms with Gasteiger partial charge in [-0.3, -0.25) is 25.8 Å². The molecule has 5 aliphatic rings. The molecule has 0 aliphatic carbocycles. The number of likely N-dealkylation sites (N-methyl/N-ethyl adjacent to an activating group) is 1. The maximum Gasteiger partial charge on any atom is 0.244 e. The second kappa shape index (κ2) is 10.9. The maximum atomic E-state index is 15.0. The number of hydrogen-bond donors (Lipinski definition) is 5. The van der Waals surface area contributed by atoms with E-state index in [4.69, 9.17) is 0 Å². The molecule has 6 unspecified atom stereocenters. The zero-order chi connectivity index (χ0) is 27.1. The van der Waals surface area contributed by atoms with Crippen LogP contribution in [0.5, 0.6) is 0 Å². The molecule has 0 spiro atoms. The lowest BCUT2D eigenvalue weighted by molar-refractivity contribution is -0.147. The molecule has 0 saturated carbocycles. The summed E-state index contributed by atoms with van der Waals surface area (Å²) in [7, 11) is 2.16. The molecule has 39 heavy (non-hydrogen) atoms. The molecule has 10 nitrogen and oxygen atoms in total. The molecular formula is C28H43FN8O2. The number of allylic oxidation sites excluding steroid dienone is 1. The van der Waals surface area contributed by atoms with Gasteiger partial charge in [-0.1, -0.05) is 6.08 Å². The fourth-order valence-corrected chi connectivity index (χ4v) is 6.77. The van der Waals surface area contributed by atoms with Crippen LogP contribution in [0.4, 0.5) is 15.8 Å². The Balaban J connectivity index is 1.18. The molecule has 2 bridgehead atoms. The number of nitrogens with zero attached hydrogens (tertiary/aromatic N) is 4. The zero-order valence-corrected chi connectivity index (χ0v) is 23.1. The standard InChI is InChI=1S/C28H43FN8O2/c1-28(39)12-4-5-19(29)18-36-26(38)22-17-30-27(33-25(22)37(36)24-7-3-6-23(28)32-24)31-20-8-10-21(11-9-20)35-15-13-34(2)14-16-35/h5,8-11,22-25,27,30-33,39H,3-4,6-7,12-18H2,1-2H3/b19-5+. The average molecular weight is 543 g/mol. The van der Waals surface area contributed by atoms with Crippen LogP contribution in [0, 0.1) is 5.92 Å². The van der Waals surface area contributed by atoms with Gasteiger partial charge in [0, 0.05) is 50.1 Å². The Morgan fingerprint density at radius 1 is 1.10 bits per heavy atom. The van der Waals surface area contributed by atoms with Crippen molar-refractivity contribution >= 4 is 17.3 Å². The van der Waals surface area contributed by atoms with Gasteiger partial charge in [0.15, 0.2) is 0 Å². The van der Waals surface area contributed by atoms with Crippen molar-refractivity contribution in [3.05, 3.63) is 36.2 Å². The third-order valence-electron chi connectivity index (χ3n) is 9.19. The van der Waals surface area contributed by atoms with Crippen molar-refractivity contribution < 1.29 is 14.3 Å². The second-order valence-electron chi connectivity index (χ2n) is 12.0. The molecule has 0 aromatic heterocycles. The maximum absolute atomic E-state index is 15.0. The number of hydrazine groups is 1. The Kier molecular flexibility index (Phi) is 7.55. The number of piperidine rings is 1. The number of hydrogen-bond acceptors (Lipinski definition) is 9. The van der Waals surface area contributed by atoms with Crippen LogP contribution in [0.1, 0.15) is 39.0 Å². The topological polar surface area (TPSA) is 98.4 Å². The number of fused-ring (bicyclic) bond motifs is 6. The molecule has 5 N–H and O–H groups in total. The van der Waals surface area contributed by atoms with Crippen LogP contribution in [0.3, 0.4) is 0 Å². The highest BCUT2D eigenvalue weighted by molar-refractivity contribution is 5.82. The van der Waals surface area contributed by atoms with Gasteiger partial charge >= 0.3 is 0 Å². The van der Waals surface area contributed by atoms with E-state index in [1.165, 1.54) is 11.8 Å². The third kappa shape index (κ3) is 5.53. The first-order chi connectivity index (χ1) is 18.8. The molecular weight excluding hydrogens is 499 g/mol. The number of amides is 1. The van der Waals surface area contributed by atoms with E-state index in [9.17, 15) is 14.3 Å². The van der Waals surface area contributed by atoms with Gasteiger partial charge in [0.1, 0.15) is 12.1 Å². The van der Waals surface area contributed by atoms with E-state index in [1.807, 2.05) is 11.9 Å². The van der Waals surface area contributed by atoms with Crippen molar-refractivity contribution in [2.24, 2.45) is 5.92 Å². The number of nitrogens with one attached hydrogen (secondary N) is 4. The highest BCUT2D eigenvalue weighted by Gasteiger charge is 2.53. The van der Waals surface area contributed by atoms with E-state index in [2.05, 4.69) is 62.4 Å². The summed E-state index contributed by atoms with van der Waals surface area (Å²) in [5.74, 6) is -0.739. The van der Waals surface area contributed by atoms with Crippen molar-refractivity contribution in [3.63, 3.8) is 0 Å². The van der Waals surface area contributed by atoms with Crippen LogP contribution in [-0.2, 0) is 4.79 Å². The van der Waals surface area contributed by atoms with Gasteiger partial charge in [-0.15, -0.1) is 0 Å². The van der Waals surface area contributed by atoms with Gasteiger partial charge in [0.2, 0.25) is 5.91 Å². The monoisotopic (exact) mass is 542 g/mol. The van der Waals surface area contributed by atoms with Gasteiger partial charge in [0.05, 0.1) is 30.4 Å². The van der Waals surface area contributed by atoms with Gasteiger partial charge in [-0.25, -0.2) is 4.39 Å². The van der Waals surface area contributed by atoms with Crippen molar-refractivity contribution in [1.29, 1.82) is 0 Å². The fraction of sp³-hybridized carbons (Fsp3) is 0.679. The second-order valence-corrected chi connectivity index (χ2v) is 12.0. The van der Waals surface area contributed by atoms with Crippen molar-refractivity contribution in [2.75, 3.05) is 56.5 Å². The number of anilines is 2. The minimum Gasteiger partial charge on any atom is -0.389 e. The average Bonchev–Trinajstić information content (AvgIpc) is 3.19. The van der Waals surface area contributed by atoms with Gasteiger partial charge in [0.25, 0.3) is 0 Å². The van der Waals surface area contributed by atoms with E-state index in [0.717, 1.165) is 51.1 Å². The summed E-state index contributed by atoms with van der Waals surface area (Å²) in [5, 5.41) is 29.0. The summed E-state index contributed by atoms with van der Waals surface area (Å²) < 4.78 is 15.0. The molecule has 214 valence electrons. The van der Waals surface area contributed by atoms with Crippen LogP contribution in [-0.4, -0.2) is 103 Å². The molecule has 1 amide bonds. The quantitative estimate of drug-likeness (QED) is 0.386. The van der Waals surface area contributed by atoms with Crippen LogP contribution in [0.15, 0.2) is 36.2 Å². The molecule has 5 heterocycles. The van der Waals surface area contributed by atoms with E-state index >= 15 is 0 Å². The van der Waals surface area contributed by atoms with Crippen LogP contribution in [0.25, 0.3) is 0 Å². The highest BCUT2D eigenvalue weighted by Crippen LogP contribution is 2.35. The van der Waals surface area contributed by atoms with Gasteiger partial charge < -0.3 is 20.2 Å². The largest absolute Gasteiger partial charge is 0.389 e. The third-order valence-corrected chi connectivity index (χ3v) is 9.19. The summed E-state index contributed by atoms with van der Waals surface area (Å²) in [4.78, 5) is 18.3. The lowest BCUT2D eigenvalue weighted by Gasteiger charge is -2.47. The first kappa shape index (κ1) is 26.9. The van der Waals surface area contributed by atoms with Crippen LogP contribution < -0.4 is 26.2 Å². The van der Waals surface area contributed by atoms with Crippen molar-refractivity contribution in [1.82, 2.24) is 30.9 Å². The van der Waals surface area contributed by atoms with E-state index in [0.29, 0.717) is 19.4 Å². The Bertz CT molecular complexity index is 1060. The predicted molar refractivity (Wildman–Crippen MR) is 149 cm³/mol. The fourth-order valence-electron chi connectivity index (χ4n) is 6.77. The molecule has 4 fully saturated rings. The van der Waals surface area contributed by atoms with Gasteiger partial charge in [-0.2, -0.15) is 5.01 Å². The molecule has 6 rings (SSSR count). The van der Waals surface area contributed by atoms with E-state index in [-0.39, 0.29) is 48.9 Å². The Morgan fingerprint density at radius 3 is 2.64 bits per heavy atom. The first-order valence-electron chi connectivity index (χ1n) is 14.5. The van der Waals surface area contributed by atoms with Gasteiger partial charge in [-0.05, 0) is 70.3 Å². The number of rotatable bonds is 3. The first-order valence-corrected chi connectivity index (χ1v) is 14.5. The minimum absolute atomic E-state index is 0.0755. The molecule has 0 radical (unpaired) electrons. The molecule has 1 aromatic rings. The number of benzene rings is 1. The highest BCUT2D eigenvalue weighted by atomic mass is 19.1. The summed E-state index contributed by atoms with van der Waals surface area (Å²) in [6.45, 7) is 6.44. The zero-order valence-electron chi connectivity index (χ0n) is 23.1. The number of piperazine rings is 1. The molecule has 1 aromatic carbocycles. The summed E-state index contributed by atoms with van der Waals surface area (Å²) in [5.41, 5.74) is 1.26. The Hall–Kier alpha value is -2.28. The minimum atomic E-state index is -0.949. The molecule has 4 saturated heterocycles. The lowest BCUT2D eigenvalue weighted by atomic mass is 9.85. The van der Waals surface area contributed by atoms with E-state index < -0.39 is 5.60 Å². The van der Waals surface area contributed by atoms with Crippen LogP contribution in [0.2, 0.25) is 0 Å². The predicted octanol–water partition coefficient (Wildman–Crippen LogP) is 1.19. The molecule has 5 aliphatic heterocycles. The van der Waals surface area contributed by atoms with Crippen molar-refractivity contribution in [2.45, 2.75) is 69.3 Å². The number of carbonyl (C=O) groups excluding carboxylic acids is 1. The molecule has 6 atom stereocenters. The van der Waals surface area contributed by atoms with Crippen LogP contribution >= 0.6 is 0 Å². The summed E-state index contributed by atoms with van der Waals surface area (Å²) in [6, 6.07) is 8.38. The Labute approximate surface area is 230 Å². The number of carbonyl (C=O) groups is 1. The molecule has 11 heteroatoms. The summed E-state index contributed by atoms with van der Waals surface area (Å²) >= 11 is 0. The lowest BCUT2D eigenvalue weighted by Crippen LogP contribution is -2.69. The number of aliphatic hydroxyl groups is 1. The van der Waals surface area contributed by atoms with Crippen molar-refractivity contribution in [3.8, 4) is 0 Å². The Morgan fingerprint density at radius 2 is 1.87 bits per heavy atom. The normalized spacial score (nSPS) is 37.9. The smallest absolute Gasteiger partial charge is 0.244 e. The summed E-state index contributed by atoms with van der Waals surface area (Å²) in [6.07, 6.45) is 4.34. The van der Waals surface area contributed by atoms with E-state index in [1.54, 1.807) is 5.01 Å². The SMILES string of the molecule is CN1CCN(c2ccc(NC3NCC4C(=O)N5C/C(F)=C\CCC(C)(O)C6CCCC(N6)N5C4N3)cc2)CC1. The number of halogens is 1.